The molecule has 2 aromatic heterocycles. The summed E-state index contributed by atoms with van der Waals surface area (Å²) in [7, 11) is 1.56. The van der Waals surface area contributed by atoms with Crippen molar-refractivity contribution in [1.29, 1.82) is 0 Å². The molecule has 3 heterocycles. The van der Waals surface area contributed by atoms with Gasteiger partial charge in [-0.05, 0) is 36.4 Å². The largest absolute Gasteiger partial charge is 0.497 e. The number of carbonyl (C=O) groups is 2. The zero-order valence-corrected chi connectivity index (χ0v) is 17.2. The van der Waals surface area contributed by atoms with Crippen molar-refractivity contribution in [2.45, 2.75) is 16.8 Å². The maximum Gasteiger partial charge on any atom is 0.247 e. The first-order valence-electron chi connectivity index (χ1n) is 9.48. The lowest BCUT2D eigenvalue weighted by molar-refractivity contribution is -0.121. The van der Waals surface area contributed by atoms with Gasteiger partial charge < -0.3 is 9.15 Å². The average molecular weight is 432 g/mol. The van der Waals surface area contributed by atoms with Crippen molar-refractivity contribution in [2.75, 3.05) is 12.0 Å². The molecule has 1 saturated heterocycles. The van der Waals surface area contributed by atoms with Crippen molar-refractivity contribution in [3.63, 3.8) is 0 Å². The summed E-state index contributed by atoms with van der Waals surface area (Å²) in [5.41, 5.74) is 1.77. The number of benzene rings is 2. The average Bonchev–Trinajstić information content (AvgIpc) is 3.35. The van der Waals surface area contributed by atoms with Crippen LogP contribution in [0, 0.1) is 0 Å². The smallest absolute Gasteiger partial charge is 0.247 e. The summed E-state index contributed by atoms with van der Waals surface area (Å²) >= 11 is 1.12. The zero-order chi connectivity index (χ0) is 21.4. The highest BCUT2D eigenvalue weighted by molar-refractivity contribution is 8.00. The molecule has 1 aliphatic rings. The lowest BCUT2D eigenvalue weighted by Crippen LogP contribution is -2.31. The Morgan fingerprint density at radius 2 is 1.94 bits per heavy atom. The number of anilines is 1. The summed E-state index contributed by atoms with van der Waals surface area (Å²) in [6.07, 6.45) is 1.57. The number of aromatic nitrogens is 3. The van der Waals surface area contributed by atoms with E-state index < -0.39 is 5.25 Å². The fourth-order valence-corrected chi connectivity index (χ4v) is 4.32. The van der Waals surface area contributed by atoms with Crippen LogP contribution in [-0.4, -0.2) is 39.4 Å². The second-order valence-electron chi connectivity index (χ2n) is 6.85. The van der Waals surface area contributed by atoms with Crippen LogP contribution in [-0.2, 0) is 9.59 Å². The molecule has 2 aromatic carbocycles. The minimum Gasteiger partial charge on any atom is -0.497 e. The number of furan rings is 1. The Hall–Kier alpha value is -3.72. The number of hydrogen-bond donors (Lipinski definition) is 0. The summed E-state index contributed by atoms with van der Waals surface area (Å²) in [5.74, 6) is 0.634. The molecule has 0 N–H and O–H groups in total. The Kier molecular flexibility index (Phi) is 4.87. The van der Waals surface area contributed by atoms with E-state index in [1.807, 2.05) is 30.3 Å². The summed E-state index contributed by atoms with van der Waals surface area (Å²) in [6.45, 7) is 0. The summed E-state index contributed by atoms with van der Waals surface area (Å²) in [4.78, 5) is 31.1. The Labute approximate surface area is 181 Å². The van der Waals surface area contributed by atoms with Crippen LogP contribution in [0.2, 0.25) is 0 Å². The van der Waals surface area contributed by atoms with Crippen molar-refractivity contribution in [2.24, 2.45) is 0 Å². The lowest BCUT2D eigenvalue weighted by Gasteiger charge is -2.15. The van der Waals surface area contributed by atoms with Crippen molar-refractivity contribution in [3.8, 4) is 17.2 Å². The normalized spacial score (nSPS) is 16.3. The van der Waals surface area contributed by atoms with Gasteiger partial charge in [0.25, 0.3) is 0 Å². The number of ether oxygens (including phenoxy) is 1. The minimum atomic E-state index is -0.623. The van der Waals surface area contributed by atoms with Gasteiger partial charge in [-0.25, -0.2) is 9.88 Å². The number of imide groups is 1. The number of rotatable bonds is 5. The number of thioether (sulfide) groups is 1. The molecule has 0 spiro atoms. The number of amides is 2. The number of fused-ring (bicyclic) bond motifs is 1. The minimum absolute atomic E-state index is 0.0632. The van der Waals surface area contributed by atoms with E-state index in [4.69, 9.17) is 9.15 Å². The molecular weight excluding hydrogens is 416 g/mol. The molecule has 2 amide bonds. The van der Waals surface area contributed by atoms with Crippen molar-refractivity contribution in [3.05, 3.63) is 60.8 Å². The van der Waals surface area contributed by atoms with Gasteiger partial charge in [0.1, 0.15) is 22.3 Å². The van der Waals surface area contributed by atoms with Crippen LogP contribution in [0.4, 0.5) is 5.69 Å². The van der Waals surface area contributed by atoms with Crippen molar-refractivity contribution in [1.82, 2.24) is 15.2 Å². The predicted molar refractivity (Wildman–Crippen MR) is 115 cm³/mol. The third kappa shape index (κ3) is 3.64. The molecule has 8 nitrogen and oxygen atoms in total. The van der Waals surface area contributed by atoms with Crippen molar-refractivity contribution < 1.29 is 18.7 Å². The summed E-state index contributed by atoms with van der Waals surface area (Å²) in [5, 5.41) is 8.66. The van der Waals surface area contributed by atoms with Gasteiger partial charge in [0, 0.05) is 11.8 Å². The number of methoxy groups -OCH3 is 1. The Morgan fingerprint density at radius 3 is 2.71 bits per heavy atom. The van der Waals surface area contributed by atoms with E-state index in [9.17, 15) is 9.59 Å². The molecule has 1 fully saturated rings. The Bertz CT molecular complexity index is 1260. The quantitative estimate of drug-likeness (QED) is 0.440. The molecule has 9 heteroatoms. The van der Waals surface area contributed by atoms with Crippen molar-refractivity contribution >= 4 is 40.2 Å². The van der Waals surface area contributed by atoms with Crippen LogP contribution >= 0.6 is 11.8 Å². The van der Waals surface area contributed by atoms with Gasteiger partial charge in [-0.1, -0.05) is 30.0 Å². The molecule has 5 rings (SSSR count). The topological polar surface area (TPSA) is 98.4 Å². The molecule has 0 aliphatic carbocycles. The number of nitrogens with zero attached hydrogens (tertiary/aromatic N) is 4. The first-order valence-corrected chi connectivity index (χ1v) is 10.4. The van der Waals surface area contributed by atoms with Gasteiger partial charge >= 0.3 is 0 Å². The van der Waals surface area contributed by atoms with Gasteiger partial charge in [0.05, 0.1) is 19.0 Å². The van der Waals surface area contributed by atoms with E-state index in [1.165, 1.54) is 11.1 Å². The second kappa shape index (κ2) is 7.84. The molecule has 1 unspecified atom stereocenters. The first-order chi connectivity index (χ1) is 15.1. The predicted octanol–water partition coefficient (Wildman–Crippen LogP) is 3.72. The van der Waals surface area contributed by atoms with Gasteiger partial charge in [-0.3, -0.25) is 9.59 Å². The van der Waals surface area contributed by atoms with E-state index in [0.717, 1.165) is 22.7 Å². The van der Waals surface area contributed by atoms with E-state index in [1.54, 1.807) is 31.4 Å². The van der Waals surface area contributed by atoms with Gasteiger partial charge in [0.2, 0.25) is 17.0 Å². The fraction of sp³-hybridized carbons (Fsp3) is 0.136. The van der Waals surface area contributed by atoms with Crippen LogP contribution in [0.3, 0.4) is 0 Å². The third-order valence-corrected chi connectivity index (χ3v) is 5.94. The third-order valence-electron chi connectivity index (χ3n) is 4.90. The molecule has 0 bridgehead atoms. The molecule has 1 atom stereocenters. The summed E-state index contributed by atoms with van der Waals surface area (Å²) < 4.78 is 11.0. The van der Waals surface area contributed by atoms with E-state index in [-0.39, 0.29) is 18.2 Å². The second-order valence-corrected chi connectivity index (χ2v) is 8.02. The molecule has 4 aromatic rings. The number of carbonyl (C=O) groups excluding carboxylic acids is 2. The first kappa shape index (κ1) is 19.3. The van der Waals surface area contributed by atoms with E-state index >= 15 is 0 Å². The van der Waals surface area contributed by atoms with Crippen LogP contribution in [0.15, 0.2) is 70.4 Å². The molecule has 0 radical (unpaired) electrons. The Morgan fingerprint density at radius 1 is 1.13 bits per heavy atom. The molecule has 154 valence electrons. The highest BCUT2D eigenvalue weighted by atomic mass is 32.2. The van der Waals surface area contributed by atoms with Gasteiger partial charge in [0.15, 0.2) is 5.76 Å². The zero-order valence-electron chi connectivity index (χ0n) is 16.4. The Balaban J connectivity index is 1.37. The molecular formula is C22H16N4O4S. The van der Waals surface area contributed by atoms with Crippen LogP contribution < -0.4 is 9.64 Å². The molecule has 1 aliphatic heterocycles. The maximum atomic E-state index is 12.9. The lowest BCUT2D eigenvalue weighted by atomic mass is 10.2. The summed E-state index contributed by atoms with van der Waals surface area (Å²) in [6, 6.07) is 16.3. The SMILES string of the molecule is COc1ccc(N2C(=O)CC(Sc3nncc(-c4cc5ccccc5o4)n3)C2=O)cc1. The van der Waals surface area contributed by atoms with Gasteiger partial charge in [-0.2, -0.15) is 5.10 Å². The highest BCUT2D eigenvalue weighted by Crippen LogP contribution is 2.34. The van der Waals surface area contributed by atoms with Crippen LogP contribution in [0.5, 0.6) is 5.75 Å². The van der Waals surface area contributed by atoms with Crippen LogP contribution in [0.1, 0.15) is 6.42 Å². The highest BCUT2D eigenvalue weighted by Gasteiger charge is 2.40. The van der Waals surface area contributed by atoms with E-state index in [2.05, 4.69) is 15.2 Å². The fourth-order valence-electron chi connectivity index (χ4n) is 3.39. The van der Waals surface area contributed by atoms with Crippen LogP contribution in [0.25, 0.3) is 22.4 Å². The van der Waals surface area contributed by atoms with E-state index in [0.29, 0.717) is 28.0 Å². The number of hydrogen-bond acceptors (Lipinski definition) is 8. The van der Waals surface area contributed by atoms with Gasteiger partial charge in [-0.15, -0.1) is 5.10 Å². The number of para-hydroxylation sites is 1. The molecule has 0 saturated carbocycles. The molecule has 31 heavy (non-hydrogen) atoms. The standard InChI is InChI=1S/C22H16N4O4S/c1-29-15-8-6-14(7-9-15)26-20(27)11-19(21(26)28)31-22-24-16(12-23-25-22)18-10-13-4-2-3-5-17(13)30-18/h2-10,12,19H,11H2,1H3. The monoisotopic (exact) mass is 432 g/mol. The maximum absolute atomic E-state index is 12.9.